The molecule has 0 aliphatic carbocycles. The molecule has 2 rings (SSSR count). The summed E-state index contributed by atoms with van der Waals surface area (Å²) in [6.45, 7) is 0.167. The first-order valence-electron chi connectivity index (χ1n) is 6.44. The van der Waals surface area contributed by atoms with Crippen molar-refractivity contribution >= 4 is 29.3 Å². The Hall–Kier alpha value is -1.53. The number of benzene rings is 1. The van der Waals surface area contributed by atoms with Gasteiger partial charge in [-0.3, -0.25) is 9.59 Å². The van der Waals surface area contributed by atoms with E-state index < -0.39 is 17.9 Å². The van der Waals surface area contributed by atoms with Gasteiger partial charge < -0.3 is 15.7 Å². The molecule has 108 valence electrons. The van der Waals surface area contributed by atoms with Crippen molar-refractivity contribution in [1.82, 2.24) is 0 Å². The van der Waals surface area contributed by atoms with Crippen molar-refractivity contribution in [3.05, 3.63) is 29.8 Å². The van der Waals surface area contributed by atoms with E-state index in [1.807, 2.05) is 6.26 Å². The molecule has 6 heteroatoms. The monoisotopic (exact) mass is 294 g/mol. The van der Waals surface area contributed by atoms with Crippen molar-refractivity contribution < 1.29 is 14.7 Å². The summed E-state index contributed by atoms with van der Waals surface area (Å²) in [7, 11) is 0. The number of carboxylic acids is 1. The summed E-state index contributed by atoms with van der Waals surface area (Å²) < 4.78 is 0. The third-order valence-corrected chi connectivity index (χ3v) is 4.13. The highest BCUT2D eigenvalue weighted by Crippen LogP contribution is 2.36. The molecular weight excluding hydrogens is 276 g/mol. The quantitative estimate of drug-likeness (QED) is 0.854. The van der Waals surface area contributed by atoms with Crippen LogP contribution in [0.2, 0.25) is 0 Å². The average molecular weight is 294 g/mol. The Morgan fingerprint density at radius 3 is 2.85 bits per heavy atom. The number of anilines is 1. The van der Waals surface area contributed by atoms with Gasteiger partial charge >= 0.3 is 5.97 Å². The molecule has 5 nitrogen and oxygen atoms in total. The standard InChI is InChI=1S/C14H18N2O3S/c1-20-7-6-11(15)13(17)16-8-10(14(18)19)9-4-2-3-5-12(9)16/h2-5,10-11H,6-8,15H2,1H3,(H,18,19)/t10?,11-/m1/s1. The maximum Gasteiger partial charge on any atom is 0.312 e. The summed E-state index contributed by atoms with van der Waals surface area (Å²) in [6, 6.07) is 6.54. The minimum absolute atomic E-state index is 0.167. The van der Waals surface area contributed by atoms with E-state index in [9.17, 15) is 14.7 Å². The highest BCUT2D eigenvalue weighted by Gasteiger charge is 2.37. The van der Waals surface area contributed by atoms with Crippen molar-refractivity contribution in [2.75, 3.05) is 23.5 Å². The van der Waals surface area contributed by atoms with Crippen LogP contribution in [0.3, 0.4) is 0 Å². The molecule has 0 radical (unpaired) electrons. The average Bonchev–Trinajstić information content (AvgIpc) is 2.83. The van der Waals surface area contributed by atoms with E-state index in [2.05, 4.69) is 0 Å². The van der Waals surface area contributed by atoms with Crippen molar-refractivity contribution in [3.63, 3.8) is 0 Å². The normalized spacial score (nSPS) is 18.7. The van der Waals surface area contributed by atoms with Crippen LogP contribution in [-0.2, 0) is 9.59 Å². The zero-order valence-corrected chi connectivity index (χ0v) is 12.1. The van der Waals surface area contributed by atoms with Crippen LogP contribution in [-0.4, -0.2) is 41.6 Å². The van der Waals surface area contributed by atoms with E-state index in [1.54, 1.807) is 36.0 Å². The number of amides is 1. The third-order valence-electron chi connectivity index (χ3n) is 3.48. The molecule has 1 aliphatic rings. The second kappa shape index (κ2) is 6.28. The van der Waals surface area contributed by atoms with Crippen LogP contribution in [0, 0.1) is 0 Å². The van der Waals surface area contributed by atoms with Crippen molar-refractivity contribution in [2.24, 2.45) is 5.73 Å². The molecule has 0 saturated carbocycles. The first kappa shape index (κ1) is 14.9. The van der Waals surface area contributed by atoms with Gasteiger partial charge in [0.15, 0.2) is 0 Å². The van der Waals surface area contributed by atoms with Gasteiger partial charge in [-0.05, 0) is 30.1 Å². The molecular formula is C14H18N2O3S. The number of fused-ring (bicyclic) bond motifs is 1. The van der Waals surface area contributed by atoms with Crippen LogP contribution >= 0.6 is 11.8 Å². The van der Waals surface area contributed by atoms with Crippen LogP contribution in [0.1, 0.15) is 17.9 Å². The predicted molar refractivity (Wildman–Crippen MR) is 80.1 cm³/mol. The first-order chi connectivity index (χ1) is 9.56. The van der Waals surface area contributed by atoms with Crippen LogP contribution < -0.4 is 10.6 Å². The number of nitrogens with two attached hydrogens (primary N) is 1. The van der Waals surface area contributed by atoms with E-state index in [1.165, 1.54) is 4.90 Å². The van der Waals surface area contributed by atoms with Crippen molar-refractivity contribution in [3.8, 4) is 0 Å². The Bertz CT molecular complexity index is 521. The fourth-order valence-corrected chi connectivity index (χ4v) is 2.89. The topological polar surface area (TPSA) is 83.6 Å². The number of nitrogens with zero attached hydrogens (tertiary/aromatic N) is 1. The molecule has 1 amide bonds. The fraction of sp³-hybridized carbons (Fsp3) is 0.429. The van der Waals surface area contributed by atoms with Crippen LogP contribution in [0.5, 0.6) is 0 Å². The number of thioether (sulfide) groups is 1. The van der Waals surface area contributed by atoms with E-state index in [0.717, 1.165) is 5.75 Å². The van der Waals surface area contributed by atoms with Gasteiger partial charge in [-0.15, -0.1) is 0 Å². The minimum atomic E-state index is -0.912. The Labute approximate surface area is 122 Å². The highest BCUT2D eigenvalue weighted by atomic mass is 32.2. The molecule has 0 fully saturated rings. The second-order valence-corrected chi connectivity index (χ2v) is 5.77. The molecule has 1 unspecified atom stereocenters. The summed E-state index contributed by atoms with van der Waals surface area (Å²) in [6.07, 6.45) is 2.55. The number of carbonyl (C=O) groups is 2. The number of hydrogen-bond donors (Lipinski definition) is 2. The van der Waals surface area contributed by atoms with E-state index in [0.29, 0.717) is 17.7 Å². The molecule has 20 heavy (non-hydrogen) atoms. The van der Waals surface area contributed by atoms with Crippen molar-refractivity contribution in [2.45, 2.75) is 18.4 Å². The number of carboxylic acid groups (broad SMARTS) is 1. The van der Waals surface area contributed by atoms with Gasteiger partial charge in [-0.2, -0.15) is 11.8 Å². The Morgan fingerprint density at radius 1 is 1.50 bits per heavy atom. The van der Waals surface area contributed by atoms with Crippen LogP contribution in [0.4, 0.5) is 5.69 Å². The smallest absolute Gasteiger partial charge is 0.312 e. The predicted octanol–water partition coefficient (Wildman–Crippen LogP) is 1.28. The van der Waals surface area contributed by atoms with Gasteiger partial charge in [-0.25, -0.2) is 0 Å². The Kier molecular flexibility index (Phi) is 4.67. The molecule has 2 atom stereocenters. The maximum atomic E-state index is 12.4. The zero-order chi connectivity index (χ0) is 14.7. The molecule has 3 N–H and O–H groups in total. The molecule has 1 aliphatic heterocycles. The molecule has 0 spiro atoms. The maximum absolute atomic E-state index is 12.4. The van der Waals surface area contributed by atoms with E-state index in [-0.39, 0.29) is 12.5 Å². The SMILES string of the molecule is CSCC[C@@H](N)C(=O)N1CC(C(=O)O)c2ccccc21. The number of rotatable bonds is 5. The lowest BCUT2D eigenvalue weighted by Crippen LogP contribution is -2.44. The molecule has 0 saturated heterocycles. The van der Waals surface area contributed by atoms with Gasteiger partial charge in [0, 0.05) is 12.2 Å². The third kappa shape index (κ3) is 2.81. The first-order valence-corrected chi connectivity index (χ1v) is 7.83. The number of hydrogen-bond acceptors (Lipinski definition) is 4. The summed E-state index contributed by atoms with van der Waals surface area (Å²) in [5.41, 5.74) is 7.27. The lowest BCUT2D eigenvalue weighted by molar-refractivity contribution is -0.138. The fourth-order valence-electron chi connectivity index (χ4n) is 2.40. The molecule has 1 aromatic carbocycles. The number of carbonyl (C=O) groups excluding carboxylic acids is 1. The summed E-state index contributed by atoms with van der Waals surface area (Å²) >= 11 is 1.64. The summed E-state index contributed by atoms with van der Waals surface area (Å²) in [5.74, 6) is -0.964. The molecule has 1 aromatic rings. The molecule has 0 bridgehead atoms. The summed E-state index contributed by atoms with van der Waals surface area (Å²) in [5, 5.41) is 9.27. The largest absolute Gasteiger partial charge is 0.481 e. The second-order valence-electron chi connectivity index (χ2n) is 4.79. The van der Waals surface area contributed by atoms with Gasteiger partial charge in [0.05, 0.1) is 6.04 Å². The van der Waals surface area contributed by atoms with Gasteiger partial charge in [0.1, 0.15) is 5.92 Å². The molecule has 0 aromatic heterocycles. The van der Waals surface area contributed by atoms with E-state index >= 15 is 0 Å². The van der Waals surface area contributed by atoms with Crippen LogP contribution in [0.25, 0.3) is 0 Å². The number of aliphatic carboxylic acids is 1. The van der Waals surface area contributed by atoms with Gasteiger partial charge in [-0.1, -0.05) is 18.2 Å². The zero-order valence-electron chi connectivity index (χ0n) is 11.3. The van der Waals surface area contributed by atoms with E-state index in [4.69, 9.17) is 5.73 Å². The van der Waals surface area contributed by atoms with Crippen LogP contribution in [0.15, 0.2) is 24.3 Å². The Balaban J connectivity index is 2.22. The van der Waals surface area contributed by atoms with Gasteiger partial charge in [0.2, 0.25) is 5.91 Å². The molecule has 1 heterocycles. The summed E-state index contributed by atoms with van der Waals surface area (Å²) in [4.78, 5) is 25.2. The highest BCUT2D eigenvalue weighted by molar-refractivity contribution is 7.98. The van der Waals surface area contributed by atoms with Crippen molar-refractivity contribution in [1.29, 1.82) is 0 Å². The minimum Gasteiger partial charge on any atom is -0.481 e. The lowest BCUT2D eigenvalue weighted by atomic mass is 10.0. The number of para-hydroxylation sites is 1. The Morgan fingerprint density at radius 2 is 2.20 bits per heavy atom. The van der Waals surface area contributed by atoms with Gasteiger partial charge in [0.25, 0.3) is 0 Å². The lowest BCUT2D eigenvalue weighted by Gasteiger charge is -2.21.